The van der Waals surface area contributed by atoms with Crippen LogP contribution in [0.25, 0.3) is 0 Å². The van der Waals surface area contributed by atoms with Gasteiger partial charge in [0, 0.05) is 24.4 Å². The van der Waals surface area contributed by atoms with E-state index in [0.717, 1.165) is 5.69 Å². The Morgan fingerprint density at radius 2 is 2.11 bits per heavy atom. The molecule has 0 aliphatic carbocycles. The summed E-state index contributed by atoms with van der Waals surface area (Å²) in [7, 11) is -3.28. The zero-order valence-electron chi connectivity index (χ0n) is 10.8. The van der Waals surface area contributed by atoms with Crippen LogP contribution in [0, 0.1) is 5.92 Å². The topological polar surface area (TPSA) is 85.1 Å². The highest BCUT2D eigenvalue weighted by molar-refractivity contribution is 7.89. The van der Waals surface area contributed by atoms with Gasteiger partial charge in [-0.25, -0.2) is 13.1 Å². The maximum Gasteiger partial charge on any atom is 0.212 e. The zero-order chi connectivity index (χ0) is 13.6. The van der Waals surface area contributed by atoms with E-state index in [2.05, 4.69) is 9.71 Å². The lowest BCUT2D eigenvalue weighted by Gasteiger charge is -2.19. The first kappa shape index (κ1) is 15.1. The third-order valence-electron chi connectivity index (χ3n) is 2.94. The smallest absolute Gasteiger partial charge is 0.212 e. The van der Waals surface area contributed by atoms with Gasteiger partial charge in [-0.3, -0.25) is 4.98 Å². The van der Waals surface area contributed by atoms with Gasteiger partial charge in [0.25, 0.3) is 0 Å². The molecule has 6 heteroatoms. The molecule has 0 fully saturated rings. The molecule has 1 aromatic heterocycles. The van der Waals surface area contributed by atoms with Crippen LogP contribution < -0.4 is 10.5 Å². The lowest BCUT2D eigenvalue weighted by molar-refractivity contribution is 0.453. The van der Waals surface area contributed by atoms with Crippen LogP contribution in [0.2, 0.25) is 0 Å². The van der Waals surface area contributed by atoms with E-state index >= 15 is 0 Å². The second-order valence-corrected chi connectivity index (χ2v) is 6.38. The van der Waals surface area contributed by atoms with Crippen molar-refractivity contribution in [3.63, 3.8) is 0 Å². The molecule has 0 aromatic carbocycles. The second kappa shape index (κ2) is 6.82. The van der Waals surface area contributed by atoms with E-state index in [1.165, 1.54) is 0 Å². The predicted octanol–water partition coefficient (Wildman–Crippen LogP) is 0.527. The van der Waals surface area contributed by atoms with Gasteiger partial charge >= 0.3 is 0 Å². The van der Waals surface area contributed by atoms with Gasteiger partial charge in [-0.05, 0) is 31.5 Å². The third-order valence-corrected chi connectivity index (χ3v) is 4.42. The van der Waals surface area contributed by atoms with Gasteiger partial charge in [0.05, 0.1) is 5.75 Å². The fraction of sp³-hybridized carbons (Fsp3) is 0.583. The Morgan fingerprint density at radius 3 is 2.67 bits per heavy atom. The molecule has 0 aliphatic heterocycles. The average molecular weight is 271 g/mol. The minimum atomic E-state index is -3.28. The van der Waals surface area contributed by atoms with Crippen LogP contribution >= 0.6 is 0 Å². The van der Waals surface area contributed by atoms with Crippen molar-refractivity contribution in [2.45, 2.75) is 26.3 Å². The molecular weight excluding hydrogens is 250 g/mol. The molecule has 3 N–H and O–H groups in total. The Hall–Kier alpha value is -0.980. The minimum absolute atomic E-state index is 0.0473. The number of pyridine rings is 1. The largest absolute Gasteiger partial charge is 0.330 e. The molecular formula is C12H21N3O2S. The summed E-state index contributed by atoms with van der Waals surface area (Å²) in [6.45, 7) is 4.21. The van der Waals surface area contributed by atoms with E-state index in [9.17, 15) is 8.42 Å². The molecule has 0 saturated carbocycles. The van der Waals surface area contributed by atoms with Crippen LogP contribution in [0.1, 0.15) is 19.5 Å². The van der Waals surface area contributed by atoms with Crippen molar-refractivity contribution in [3.8, 4) is 0 Å². The number of nitrogens with two attached hydrogens (primary N) is 1. The van der Waals surface area contributed by atoms with Crippen molar-refractivity contribution in [2.75, 3.05) is 12.3 Å². The van der Waals surface area contributed by atoms with Gasteiger partial charge in [-0.15, -0.1) is 0 Å². The van der Waals surface area contributed by atoms with Crippen LogP contribution in [-0.2, 0) is 16.4 Å². The Morgan fingerprint density at radius 1 is 1.39 bits per heavy atom. The van der Waals surface area contributed by atoms with Crippen molar-refractivity contribution in [3.05, 3.63) is 30.1 Å². The van der Waals surface area contributed by atoms with Crippen LogP contribution in [-0.4, -0.2) is 31.7 Å². The predicted molar refractivity (Wildman–Crippen MR) is 72.5 cm³/mol. The summed E-state index contributed by atoms with van der Waals surface area (Å²) in [4.78, 5) is 4.10. The fourth-order valence-corrected chi connectivity index (χ4v) is 2.84. The summed E-state index contributed by atoms with van der Waals surface area (Å²) in [5.74, 6) is 0.167. The molecule has 0 aliphatic rings. The van der Waals surface area contributed by atoms with Crippen molar-refractivity contribution >= 4 is 10.0 Å². The molecule has 0 radical (unpaired) electrons. The van der Waals surface area contributed by atoms with Gasteiger partial charge in [0.1, 0.15) is 0 Å². The summed E-state index contributed by atoms with van der Waals surface area (Å²) in [5, 5.41) is 0. The lowest BCUT2D eigenvalue weighted by atomic mass is 10.1. The van der Waals surface area contributed by atoms with Gasteiger partial charge in [-0.1, -0.05) is 13.0 Å². The molecule has 1 rings (SSSR count). The fourth-order valence-electron chi connectivity index (χ4n) is 1.45. The number of aromatic nitrogens is 1. The van der Waals surface area contributed by atoms with Gasteiger partial charge < -0.3 is 5.73 Å². The molecule has 0 spiro atoms. The molecule has 5 nitrogen and oxygen atoms in total. The highest BCUT2D eigenvalue weighted by Gasteiger charge is 2.18. The Labute approximate surface area is 109 Å². The van der Waals surface area contributed by atoms with Crippen LogP contribution in [0.4, 0.5) is 0 Å². The first-order valence-corrected chi connectivity index (χ1v) is 7.70. The molecule has 0 amide bonds. The highest BCUT2D eigenvalue weighted by atomic mass is 32.2. The maximum atomic E-state index is 11.9. The highest BCUT2D eigenvalue weighted by Crippen LogP contribution is 2.03. The van der Waals surface area contributed by atoms with E-state index in [0.29, 0.717) is 13.0 Å². The van der Waals surface area contributed by atoms with Gasteiger partial charge in [0.15, 0.2) is 0 Å². The maximum absolute atomic E-state index is 11.9. The minimum Gasteiger partial charge on any atom is -0.330 e. The standard InChI is InChI=1S/C12H21N3O2S/c1-10(9-13)11(2)15-18(16,17)8-6-12-5-3-4-7-14-12/h3-5,7,10-11,15H,6,8-9,13H2,1-2H3. The summed E-state index contributed by atoms with van der Waals surface area (Å²) in [5.41, 5.74) is 6.29. The van der Waals surface area contributed by atoms with Crippen molar-refractivity contribution in [1.82, 2.24) is 9.71 Å². The first-order valence-electron chi connectivity index (χ1n) is 6.04. The Balaban J connectivity index is 2.50. The molecule has 0 bridgehead atoms. The quantitative estimate of drug-likeness (QED) is 0.757. The molecule has 1 aromatic rings. The van der Waals surface area contributed by atoms with E-state index < -0.39 is 10.0 Å². The monoisotopic (exact) mass is 271 g/mol. The number of nitrogens with one attached hydrogen (secondary N) is 1. The summed E-state index contributed by atoms with van der Waals surface area (Å²) in [6, 6.07) is 5.33. The first-order chi connectivity index (χ1) is 8.44. The molecule has 2 unspecified atom stereocenters. The summed E-state index contributed by atoms with van der Waals surface area (Å²) >= 11 is 0. The van der Waals surface area contributed by atoms with Crippen molar-refractivity contribution in [1.29, 1.82) is 0 Å². The van der Waals surface area contributed by atoms with Gasteiger partial charge in [-0.2, -0.15) is 0 Å². The van der Waals surface area contributed by atoms with Gasteiger partial charge in [0.2, 0.25) is 10.0 Å². The van der Waals surface area contributed by atoms with Crippen LogP contribution in [0.5, 0.6) is 0 Å². The van der Waals surface area contributed by atoms with E-state index in [4.69, 9.17) is 5.73 Å². The van der Waals surface area contributed by atoms with E-state index in [1.54, 1.807) is 12.3 Å². The van der Waals surface area contributed by atoms with Crippen molar-refractivity contribution in [2.24, 2.45) is 11.7 Å². The molecule has 102 valence electrons. The number of nitrogens with zero attached hydrogens (tertiary/aromatic N) is 1. The SMILES string of the molecule is CC(CN)C(C)NS(=O)(=O)CCc1ccccn1. The second-order valence-electron chi connectivity index (χ2n) is 4.51. The number of rotatable bonds is 7. The average Bonchev–Trinajstić information content (AvgIpc) is 2.36. The molecule has 0 saturated heterocycles. The summed E-state index contributed by atoms with van der Waals surface area (Å²) in [6.07, 6.45) is 2.08. The normalized spacial score (nSPS) is 15.3. The number of aryl methyl sites for hydroxylation is 1. The zero-order valence-corrected chi connectivity index (χ0v) is 11.7. The van der Waals surface area contributed by atoms with Crippen LogP contribution in [0.3, 0.4) is 0 Å². The third kappa shape index (κ3) is 5.12. The molecule has 1 heterocycles. The number of sulfonamides is 1. The summed E-state index contributed by atoms with van der Waals surface area (Å²) < 4.78 is 26.4. The Kier molecular flexibility index (Phi) is 5.71. The Bertz CT molecular complexity index is 448. The number of hydrogen-bond acceptors (Lipinski definition) is 4. The lowest BCUT2D eigenvalue weighted by Crippen LogP contribution is -2.41. The van der Waals surface area contributed by atoms with E-state index in [1.807, 2.05) is 26.0 Å². The number of hydrogen-bond donors (Lipinski definition) is 2. The molecule has 18 heavy (non-hydrogen) atoms. The van der Waals surface area contributed by atoms with E-state index in [-0.39, 0.29) is 17.7 Å². The van der Waals surface area contributed by atoms with Crippen LogP contribution in [0.15, 0.2) is 24.4 Å². The van der Waals surface area contributed by atoms with Crippen molar-refractivity contribution < 1.29 is 8.42 Å². The molecule has 2 atom stereocenters.